The summed E-state index contributed by atoms with van der Waals surface area (Å²) in [6.07, 6.45) is 1.31. The van der Waals surface area contributed by atoms with Crippen molar-refractivity contribution in [3.8, 4) is 11.5 Å². The standard InChI is InChI=1S/C26H26N2O7/c1-4-15-10-23(30)35-24-13(2)22(8-6-18(15)24)34-14(3)25(31)28-21(26(32)33)9-16-12-27-20-7-5-17(29)11-19(16)20/h5-8,10-12,14,21,27,29H,4,9H2,1-3H3,(H,28,31)(H,32,33)/t14-,21+/m0/s1. The summed E-state index contributed by atoms with van der Waals surface area (Å²) in [5.74, 6) is -1.39. The van der Waals surface area contributed by atoms with Crippen molar-refractivity contribution >= 4 is 33.7 Å². The number of hydrogen-bond acceptors (Lipinski definition) is 6. The molecule has 35 heavy (non-hydrogen) atoms. The number of hydrogen-bond donors (Lipinski definition) is 4. The number of carboxylic acids is 1. The number of aromatic hydroxyl groups is 1. The van der Waals surface area contributed by atoms with Crippen molar-refractivity contribution in [2.75, 3.05) is 0 Å². The molecule has 0 aliphatic carbocycles. The van der Waals surface area contributed by atoms with Gasteiger partial charge in [0.25, 0.3) is 5.91 Å². The van der Waals surface area contributed by atoms with Crippen LogP contribution in [0.1, 0.15) is 30.5 Å². The van der Waals surface area contributed by atoms with Gasteiger partial charge < -0.3 is 29.7 Å². The Morgan fingerprint density at radius 1 is 1.14 bits per heavy atom. The van der Waals surface area contributed by atoms with Crippen LogP contribution in [0.25, 0.3) is 21.9 Å². The Balaban J connectivity index is 1.52. The quantitative estimate of drug-likeness (QED) is 0.284. The average molecular weight is 479 g/mol. The van der Waals surface area contributed by atoms with Gasteiger partial charge in [-0.05, 0) is 61.7 Å². The number of rotatable bonds is 8. The van der Waals surface area contributed by atoms with Gasteiger partial charge in [0.15, 0.2) is 6.10 Å². The summed E-state index contributed by atoms with van der Waals surface area (Å²) >= 11 is 0. The Morgan fingerprint density at radius 2 is 1.91 bits per heavy atom. The predicted octanol–water partition coefficient (Wildman–Crippen LogP) is 3.43. The largest absolute Gasteiger partial charge is 0.508 e. The number of nitrogens with one attached hydrogen (secondary N) is 2. The molecule has 2 heterocycles. The van der Waals surface area contributed by atoms with Crippen molar-refractivity contribution in [2.24, 2.45) is 0 Å². The number of fused-ring (bicyclic) bond motifs is 2. The second-order valence-corrected chi connectivity index (χ2v) is 8.42. The number of benzene rings is 2. The number of phenols is 1. The summed E-state index contributed by atoms with van der Waals surface area (Å²) in [6, 6.07) is 8.48. The van der Waals surface area contributed by atoms with E-state index >= 15 is 0 Å². The first-order valence-corrected chi connectivity index (χ1v) is 11.2. The summed E-state index contributed by atoms with van der Waals surface area (Å²) in [4.78, 5) is 39.7. The molecule has 2 aromatic carbocycles. The molecule has 4 aromatic rings. The normalized spacial score (nSPS) is 13.0. The Labute approximate surface area is 200 Å². The van der Waals surface area contributed by atoms with Crippen LogP contribution in [0.15, 0.2) is 51.8 Å². The molecule has 0 saturated heterocycles. The van der Waals surface area contributed by atoms with Crippen molar-refractivity contribution in [1.29, 1.82) is 0 Å². The van der Waals surface area contributed by atoms with E-state index in [1.54, 1.807) is 37.4 Å². The minimum absolute atomic E-state index is 0.0111. The molecule has 0 aliphatic rings. The van der Waals surface area contributed by atoms with Crippen LogP contribution in [-0.4, -0.2) is 39.2 Å². The van der Waals surface area contributed by atoms with Crippen LogP contribution >= 0.6 is 0 Å². The van der Waals surface area contributed by atoms with Crippen molar-refractivity contribution in [1.82, 2.24) is 10.3 Å². The number of aryl methyl sites for hydroxylation is 2. The highest BCUT2D eigenvalue weighted by atomic mass is 16.5. The van der Waals surface area contributed by atoms with Gasteiger partial charge in [-0.1, -0.05) is 6.92 Å². The first-order valence-electron chi connectivity index (χ1n) is 11.2. The molecule has 0 fully saturated rings. The lowest BCUT2D eigenvalue weighted by Gasteiger charge is -2.20. The second-order valence-electron chi connectivity index (χ2n) is 8.42. The Hall–Kier alpha value is -4.27. The maximum atomic E-state index is 12.8. The molecule has 2 atom stereocenters. The van der Waals surface area contributed by atoms with Crippen LogP contribution in [0.4, 0.5) is 0 Å². The van der Waals surface area contributed by atoms with E-state index < -0.39 is 29.6 Å². The van der Waals surface area contributed by atoms with Crippen LogP contribution in [0, 0.1) is 6.92 Å². The van der Waals surface area contributed by atoms with E-state index in [0.29, 0.717) is 34.3 Å². The zero-order valence-electron chi connectivity index (χ0n) is 19.5. The third-order valence-corrected chi connectivity index (χ3v) is 6.04. The molecule has 1 amide bonds. The molecule has 0 spiro atoms. The number of aromatic nitrogens is 1. The van der Waals surface area contributed by atoms with Crippen molar-refractivity contribution < 1.29 is 29.0 Å². The fraction of sp³-hybridized carbons (Fsp3) is 0.269. The number of aliphatic carboxylic acids is 1. The molecule has 9 heteroatoms. The van der Waals surface area contributed by atoms with Gasteiger partial charge in [-0.15, -0.1) is 0 Å². The first-order chi connectivity index (χ1) is 16.7. The topological polar surface area (TPSA) is 142 Å². The van der Waals surface area contributed by atoms with Crippen LogP contribution in [-0.2, 0) is 22.4 Å². The van der Waals surface area contributed by atoms with Gasteiger partial charge in [0.2, 0.25) is 0 Å². The summed E-state index contributed by atoms with van der Waals surface area (Å²) < 4.78 is 11.2. The molecule has 0 aliphatic heterocycles. The summed E-state index contributed by atoms with van der Waals surface area (Å²) in [7, 11) is 0. The van der Waals surface area contributed by atoms with Crippen LogP contribution in [0.2, 0.25) is 0 Å². The number of carboxylic acid groups (broad SMARTS) is 1. The lowest BCUT2D eigenvalue weighted by molar-refractivity contribution is -0.142. The third kappa shape index (κ3) is 4.84. The van der Waals surface area contributed by atoms with E-state index in [2.05, 4.69) is 10.3 Å². The molecule has 9 nitrogen and oxygen atoms in total. The zero-order valence-corrected chi connectivity index (χ0v) is 19.5. The fourth-order valence-electron chi connectivity index (χ4n) is 4.12. The molecule has 4 rings (SSSR count). The number of H-pyrrole nitrogens is 1. The van der Waals surface area contributed by atoms with Crippen LogP contribution in [0.3, 0.4) is 0 Å². The molecule has 2 aromatic heterocycles. The van der Waals surface area contributed by atoms with E-state index in [-0.39, 0.29) is 12.2 Å². The van der Waals surface area contributed by atoms with Gasteiger partial charge >= 0.3 is 11.6 Å². The smallest absolute Gasteiger partial charge is 0.336 e. The first kappa shape index (κ1) is 23.9. The van der Waals surface area contributed by atoms with E-state index in [1.807, 2.05) is 6.92 Å². The number of carbonyl (C=O) groups excluding carboxylic acids is 1. The van der Waals surface area contributed by atoms with E-state index in [4.69, 9.17) is 9.15 Å². The molecule has 0 bridgehead atoms. The van der Waals surface area contributed by atoms with Crippen LogP contribution < -0.4 is 15.7 Å². The number of aromatic amines is 1. The van der Waals surface area contributed by atoms with Gasteiger partial charge in [-0.2, -0.15) is 0 Å². The summed E-state index contributed by atoms with van der Waals surface area (Å²) in [5.41, 5.74) is 2.74. The number of amides is 1. The van der Waals surface area contributed by atoms with Crippen LogP contribution in [0.5, 0.6) is 11.5 Å². The molecule has 182 valence electrons. The minimum atomic E-state index is -1.21. The van der Waals surface area contributed by atoms with Crippen molar-refractivity contribution in [3.63, 3.8) is 0 Å². The highest BCUT2D eigenvalue weighted by Crippen LogP contribution is 2.29. The van der Waals surface area contributed by atoms with Crippen molar-refractivity contribution in [2.45, 2.75) is 45.8 Å². The lowest BCUT2D eigenvalue weighted by atomic mass is 10.0. The minimum Gasteiger partial charge on any atom is -0.508 e. The monoisotopic (exact) mass is 478 g/mol. The Bertz CT molecular complexity index is 1480. The fourth-order valence-corrected chi connectivity index (χ4v) is 4.12. The van der Waals surface area contributed by atoms with Gasteiger partial charge in [0, 0.05) is 40.5 Å². The molecular weight excluding hydrogens is 452 g/mol. The lowest BCUT2D eigenvalue weighted by Crippen LogP contribution is -2.47. The molecule has 4 N–H and O–H groups in total. The third-order valence-electron chi connectivity index (χ3n) is 6.04. The Morgan fingerprint density at radius 3 is 2.63 bits per heavy atom. The average Bonchev–Trinajstić information content (AvgIpc) is 3.21. The maximum Gasteiger partial charge on any atom is 0.336 e. The van der Waals surface area contributed by atoms with Gasteiger partial charge in [0.1, 0.15) is 23.1 Å². The number of ether oxygens (including phenoxy) is 1. The Kier molecular flexibility index (Phi) is 6.50. The zero-order chi connectivity index (χ0) is 25.3. The molecule has 0 saturated carbocycles. The molecule has 0 unspecified atom stereocenters. The van der Waals surface area contributed by atoms with Crippen molar-refractivity contribution in [3.05, 3.63) is 69.7 Å². The molecular formula is C26H26N2O7. The van der Waals surface area contributed by atoms with Gasteiger partial charge in [-0.3, -0.25) is 4.79 Å². The van der Waals surface area contributed by atoms with E-state index in [9.17, 15) is 24.6 Å². The van der Waals surface area contributed by atoms with Gasteiger partial charge in [-0.25, -0.2) is 9.59 Å². The number of phenolic OH excluding ortho intramolecular Hbond substituents is 1. The van der Waals surface area contributed by atoms with E-state index in [1.165, 1.54) is 19.1 Å². The van der Waals surface area contributed by atoms with E-state index in [0.717, 1.165) is 16.5 Å². The molecule has 0 radical (unpaired) electrons. The SMILES string of the molecule is CCc1cc(=O)oc2c(C)c(O[C@@H](C)C(=O)N[C@H](Cc3c[nH]c4ccc(O)cc34)C(=O)O)ccc12. The number of carbonyl (C=O) groups is 2. The highest BCUT2D eigenvalue weighted by molar-refractivity contribution is 5.89. The summed E-state index contributed by atoms with van der Waals surface area (Å²) in [5, 5.41) is 23.5. The predicted molar refractivity (Wildman–Crippen MR) is 130 cm³/mol. The van der Waals surface area contributed by atoms with Gasteiger partial charge in [0.05, 0.1) is 0 Å². The second kappa shape index (κ2) is 9.54. The summed E-state index contributed by atoms with van der Waals surface area (Å²) in [6.45, 7) is 5.19. The highest BCUT2D eigenvalue weighted by Gasteiger charge is 2.26. The maximum absolute atomic E-state index is 12.8.